The number of carbonyl (C=O) groups is 3. The second-order valence-corrected chi connectivity index (χ2v) is 13.4. The van der Waals surface area contributed by atoms with Gasteiger partial charge < -0.3 is 20.4 Å². The van der Waals surface area contributed by atoms with Gasteiger partial charge in [-0.1, -0.05) is 82.1 Å². The van der Waals surface area contributed by atoms with E-state index in [1.807, 2.05) is 20.8 Å². The molecule has 4 rings (SSSR count). The fourth-order valence-electron chi connectivity index (χ4n) is 6.49. The third-order valence-corrected chi connectivity index (χ3v) is 9.30. The van der Waals surface area contributed by atoms with Crippen molar-refractivity contribution in [3.63, 3.8) is 0 Å². The summed E-state index contributed by atoms with van der Waals surface area (Å²) in [6, 6.07) is 18.2. The highest BCUT2D eigenvalue weighted by Gasteiger charge is 2.43. The summed E-state index contributed by atoms with van der Waals surface area (Å²) in [7, 11) is 0. The van der Waals surface area contributed by atoms with E-state index in [4.69, 9.17) is 9.90 Å². The van der Waals surface area contributed by atoms with Crippen LogP contribution in [0.3, 0.4) is 0 Å². The number of rotatable bonds is 10. The smallest absolute Gasteiger partial charge is 0.481 e. The molecule has 0 bridgehead atoms. The minimum Gasteiger partial charge on any atom is -0.481 e. The predicted octanol–water partition coefficient (Wildman–Crippen LogP) is 7.08. The Morgan fingerprint density at radius 3 is 1.91 bits per heavy atom. The van der Waals surface area contributed by atoms with E-state index < -0.39 is 29.4 Å². The van der Waals surface area contributed by atoms with Gasteiger partial charge in [-0.3, -0.25) is 9.59 Å². The normalized spacial score (nSPS) is 19.0. The summed E-state index contributed by atoms with van der Waals surface area (Å²) in [6.45, 7) is 10.9. The maximum Gasteiger partial charge on any atom is 0.490 e. The number of aliphatic carboxylic acids is 2. The van der Waals surface area contributed by atoms with Gasteiger partial charge in [-0.2, -0.15) is 13.2 Å². The van der Waals surface area contributed by atoms with E-state index in [-0.39, 0.29) is 11.3 Å². The number of carboxylic acid groups (broad SMARTS) is 2. The van der Waals surface area contributed by atoms with Crippen LogP contribution in [0.5, 0.6) is 0 Å². The maximum atomic E-state index is 13.5. The van der Waals surface area contributed by atoms with Crippen molar-refractivity contribution >= 4 is 17.8 Å². The highest BCUT2D eigenvalue weighted by molar-refractivity contribution is 5.89. The Labute approximate surface area is 264 Å². The number of amides is 1. The molecule has 3 N–H and O–H groups in total. The van der Waals surface area contributed by atoms with Crippen molar-refractivity contribution in [1.82, 2.24) is 10.2 Å². The quantitative estimate of drug-likeness (QED) is 0.259. The van der Waals surface area contributed by atoms with Crippen LogP contribution in [0.25, 0.3) is 11.1 Å². The van der Waals surface area contributed by atoms with Gasteiger partial charge in [0.05, 0.1) is 11.3 Å². The molecule has 248 valence electrons. The Bertz CT molecular complexity index is 1280. The average Bonchev–Trinajstić information content (AvgIpc) is 3.63. The first kappa shape index (κ1) is 36.1. The van der Waals surface area contributed by atoms with Crippen molar-refractivity contribution in [2.24, 2.45) is 11.3 Å². The first-order valence-electron chi connectivity index (χ1n) is 15.8. The van der Waals surface area contributed by atoms with Gasteiger partial charge in [0.1, 0.15) is 0 Å². The molecule has 1 aliphatic heterocycles. The lowest BCUT2D eigenvalue weighted by Gasteiger charge is -2.30. The lowest BCUT2D eigenvalue weighted by atomic mass is 9.77. The maximum absolute atomic E-state index is 13.5. The molecule has 1 amide bonds. The lowest BCUT2D eigenvalue weighted by Crippen LogP contribution is -2.44. The minimum atomic E-state index is -5.08. The molecule has 0 radical (unpaired) electrons. The van der Waals surface area contributed by atoms with Crippen LogP contribution >= 0.6 is 0 Å². The van der Waals surface area contributed by atoms with Gasteiger partial charge in [-0.05, 0) is 79.7 Å². The number of hydrogen-bond donors (Lipinski definition) is 3. The van der Waals surface area contributed by atoms with E-state index in [9.17, 15) is 27.9 Å². The predicted molar refractivity (Wildman–Crippen MR) is 168 cm³/mol. The Hall–Kier alpha value is -3.40. The molecular weight excluding hydrogens is 585 g/mol. The van der Waals surface area contributed by atoms with Crippen LogP contribution in [0.2, 0.25) is 0 Å². The molecule has 2 atom stereocenters. The van der Waals surface area contributed by atoms with E-state index in [1.165, 1.54) is 30.5 Å². The molecule has 2 unspecified atom stereocenters. The van der Waals surface area contributed by atoms with Gasteiger partial charge in [-0.15, -0.1) is 0 Å². The van der Waals surface area contributed by atoms with Crippen molar-refractivity contribution in [3.8, 4) is 11.1 Å². The topological polar surface area (TPSA) is 107 Å². The summed E-state index contributed by atoms with van der Waals surface area (Å²) < 4.78 is 31.7. The Balaban J connectivity index is 0.000000707. The van der Waals surface area contributed by atoms with Crippen molar-refractivity contribution in [1.29, 1.82) is 0 Å². The number of carbonyl (C=O) groups excluding carboxylic acids is 1. The third kappa shape index (κ3) is 9.79. The molecule has 1 saturated heterocycles. The highest BCUT2D eigenvalue weighted by Crippen LogP contribution is 2.42. The van der Waals surface area contributed by atoms with Crippen LogP contribution in [0, 0.1) is 11.3 Å². The first-order chi connectivity index (χ1) is 21.0. The minimum absolute atomic E-state index is 0.0393. The first-order valence-corrected chi connectivity index (χ1v) is 15.8. The zero-order chi connectivity index (χ0) is 33.4. The van der Waals surface area contributed by atoms with Gasteiger partial charge in [0.25, 0.3) is 0 Å². The molecule has 2 fully saturated rings. The molecule has 2 aromatic rings. The second kappa shape index (κ2) is 15.3. The van der Waals surface area contributed by atoms with E-state index >= 15 is 0 Å². The van der Waals surface area contributed by atoms with Crippen LogP contribution in [-0.2, 0) is 26.2 Å². The standard InChI is InChI=1S/C33H46N2O3.C2HF3O2/c1-24-8-7-22-35(24)23-18-25-9-11-26(12-10-25)27-13-15-28(16-14-27)33(19-5-6-20-33)31(38)34-21-17-29(30(36)37)32(2,3)4;3-2(4,5)1(6)7/h9-16,24,29H,5-8,17-23H2,1-4H3,(H,34,38)(H,36,37);(H,6,7). The summed E-state index contributed by atoms with van der Waals surface area (Å²) in [6.07, 6.45) is 2.83. The third-order valence-electron chi connectivity index (χ3n) is 9.30. The van der Waals surface area contributed by atoms with Gasteiger partial charge in [-0.25, -0.2) is 4.79 Å². The molecule has 1 aliphatic carbocycles. The average molecular weight is 633 g/mol. The summed E-state index contributed by atoms with van der Waals surface area (Å²) in [5.41, 5.74) is 3.94. The fourth-order valence-corrected chi connectivity index (χ4v) is 6.49. The number of halogens is 3. The van der Waals surface area contributed by atoms with Crippen LogP contribution in [0.4, 0.5) is 13.2 Å². The van der Waals surface area contributed by atoms with Crippen molar-refractivity contribution < 1.29 is 37.8 Å². The van der Waals surface area contributed by atoms with Crippen molar-refractivity contribution in [3.05, 3.63) is 59.7 Å². The van der Waals surface area contributed by atoms with Crippen molar-refractivity contribution in [2.45, 2.75) is 96.7 Å². The SMILES string of the molecule is CC1CCCN1CCc1ccc(-c2ccc(C3(C(=O)NCCC(C(=O)O)C(C)(C)C)CCCC3)cc2)cc1.O=C(O)C(F)(F)F. The number of hydrogen-bond acceptors (Lipinski definition) is 4. The number of benzene rings is 2. The lowest BCUT2D eigenvalue weighted by molar-refractivity contribution is -0.192. The van der Waals surface area contributed by atoms with E-state index in [1.54, 1.807) is 0 Å². The molecule has 1 heterocycles. The highest BCUT2D eigenvalue weighted by atomic mass is 19.4. The van der Waals surface area contributed by atoms with E-state index in [2.05, 4.69) is 65.7 Å². The molecule has 2 aliphatic rings. The molecule has 1 saturated carbocycles. The Kier molecular flexibility index (Phi) is 12.2. The number of nitrogens with zero attached hydrogens (tertiary/aromatic N) is 1. The number of carboxylic acids is 2. The zero-order valence-electron chi connectivity index (χ0n) is 26.8. The van der Waals surface area contributed by atoms with E-state index in [0.29, 0.717) is 19.0 Å². The number of alkyl halides is 3. The summed E-state index contributed by atoms with van der Waals surface area (Å²) in [5, 5.41) is 19.8. The zero-order valence-corrected chi connectivity index (χ0v) is 26.8. The van der Waals surface area contributed by atoms with Crippen LogP contribution in [0.15, 0.2) is 48.5 Å². The van der Waals surface area contributed by atoms with E-state index in [0.717, 1.165) is 49.8 Å². The van der Waals surface area contributed by atoms with Crippen LogP contribution in [0.1, 0.15) is 83.8 Å². The number of nitrogens with one attached hydrogen (secondary N) is 1. The largest absolute Gasteiger partial charge is 0.490 e. The molecule has 2 aromatic carbocycles. The molecule has 10 heteroatoms. The van der Waals surface area contributed by atoms with Gasteiger partial charge in [0.15, 0.2) is 0 Å². The Morgan fingerprint density at radius 2 is 1.47 bits per heavy atom. The molecule has 45 heavy (non-hydrogen) atoms. The summed E-state index contributed by atoms with van der Waals surface area (Å²) in [5.74, 6) is -4.01. The fraction of sp³-hybridized carbons (Fsp3) is 0.571. The monoisotopic (exact) mass is 632 g/mol. The van der Waals surface area contributed by atoms with Crippen LogP contribution < -0.4 is 5.32 Å². The molecule has 0 spiro atoms. The molecule has 7 nitrogen and oxygen atoms in total. The second-order valence-electron chi connectivity index (χ2n) is 13.4. The summed E-state index contributed by atoms with van der Waals surface area (Å²) in [4.78, 5) is 36.7. The Morgan fingerprint density at radius 1 is 0.933 bits per heavy atom. The van der Waals surface area contributed by atoms with Gasteiger partial charge >= 0.3 is 18.1 Å². The molecule has 0 aromatic heterocycles. The van der Waals surface area contributed by atoms with Crippen LogP contribution in [-0.4, -0.2) is 64.8 Å². The van der Waals surface area contributed by atoms with Gasteiger partial charge in [0.2, 0.25) is 5.91 Å². The molecular formula is C35H47F3N2O5. The van der Waals surface area contributed by atoms with Crippen molar-refractivity contribution in [2.75, 3.05) is 19.6 Å². The number of likely N-dealkylation sites (tertiary alicyclic amines) is 1. The van der Waals surface area contributed by atoms with Gasteiger partial charge in [0, 0.05) is 19.1 Å². The summed E-state index contributed by atoms with van der Waals surface area (Å²) >= 11 is 0.